The zero-order valence-electron chi connectivity index (χ0n) is 16.3. The predicted molar refractivity (Wildman–Crippen MR) is 113 cm³/mol. The summed E-state index contributed by atoms with van der Waals surface area (Å²) in [6, 6.07) is 18.1. The third-order valence-corrected chi connectivity index (χ3v) is 6.28. The number of benzene rings is 2. The lowest BCUT2D eigenvalue weighted by Gasteiger charge is -2.49. The Kier molecular flexibility index (Phi) is 5.50. The van der Waals surface area contributed by atoms with Crippen molar-refractivity contribution in [3.8, 4) is 0 Å². The Morgan fingerprint density at radius 3 is 2.20 bits per heavy atom. The van der Waals surface area contributed by atoms with Gasteiger partial charge in [-0.3, -0.25) is 14.5 Å². The normalized spacial score (nSPS) is 20.5. The second kappa shape index (κ2) is 8.23. The number of β-lactam (4-membered cyclic amide) rings is 1. The summed E-state index contributed by atoms with van der Waals surface area (Å²) in [5.74, 6) is -0.956. The maximum atomic E-state index is 13.2. The number of rotatable bonds is 5. The van der Waals surface area contributed by atoms with Crippen LogP contribution in [0.2, 0.25) is 0 Å². The van der Waals surface area contributed by atoms with E-state index in [1.54, 1.807) is 0 Å². The number of thioether (sulfide) groups is 1. The smallest absolute Gasteiger partial charge is 0.357 e. The van der Waals surface area contributed by atoms with Gasteiger partial charge in [-0.1, -0.05) is 60.7 Å². The van der Waals surface area contributed by atoms with Crippen molar-refractivity contribution in [1.82, 2.24) is 10.2 Å². The van der Waals surface area contributed by atoms with Crippen LogP contribution >= 0.6 is 11.8 Å². The number of hydrogen-bond acceptors (Lipinski definition) is 6. The molecule has 1 fully saturated rings. The summed E-state index contributed by atoms with van der Waals surface area (Å²) in [5, 5.41) is 2.26. The summed E-state index contributed by atoms with van der Waals surface area (Å²) >= 11 is 1.41. The van der Waals surface area contributed by atoms with Crippen LogP contribution in [0, 0.1) is 0 Å². The van der Waals surface area contributed by atoms with Crippen LogP contribution in [0.5, 0.6) is 0 Å². The molecular weight excluding hydrogens is 402 g/mol. The molecule has 154 valence electrons. The first-order valence-corrected chi connectivity index (χ1v) is 10.5. The van der Waals surface area contributed by atoms with Gasteiger partial charge in [0.2, 0.25) is 5.91 Å². The standard InChI is InChI=1S/C22H21N3O4S/c1-13(26)24-17-20(27)25-18(16(23)12-30-21(17)25)22(28)29-19(14-8-4-2-5-9-14)15-10-6-3-7-11-15/h2-11,17,19,21H,12,23H2,1H3,(H,24,26)/t17?,21-/m1/s1. The van der Waals surface area contributed by atoms with Crippen LogP contribution in [0.4, 0.5) is 0 Å². The fourth-order valence-electron chi connectivity index (χ4n) is 3.60. The van der Waals surface area contributed by atoms with Gasteiger partial charge in [-0.2, -0.15) is 0 Å². The summed E-state index contributed by atoms with van der Waals surface area (Å²) in [4.78, 5) is 38.5. The van der Waals surface area contributed by atoms with Gasteiger partial charge in [0.1, 0.15) is 11.4 Å². The number of carbonyl (C=O) groups excluding carboxylic acids is 3. The first kappa shape index (κ1) is 20.0. The Morgan fingerprint density at radius 1 is 1.10 bits per heavy atom. The van der Waals surface area contributed by atoms with E-state index in [2.05, 4.69) is 5.32 Å². The molecule has 2 amide bonds. The van der Waals surface area contributed by atoms with Gasteiger partial charge in [-0.05, 0) is 11.1 Å². The molecule has 2 aromatic rings. The van der Waals surface area contributed by atoms with Gasteiger partial charge < -0.3 is 15.8 Å². The molecule has 3 N–H and O–H groups in total. The molecule has 1 saturated heterocycles. The van der Waals surface area contributed by atoms with E-state index in [-0.39, 0.29) is 28.6 Å². The minimum Gasteiger partial charge on any atom is -0.448 e. The van der Waals surface area contributed by atoms with E-state index in [0.29, 0.717) is 5.75 Å². The third kappa shape index (κ3) is 3.66. The molecule has 0 bridgehead atoms. The number of esters is 1. The zero-order chi connectivity index (χ0) is 21.3. The molecule has 30 heavy (non-hydrogen) atoms. The van der Waals surface area contributed by atoms with Gasteiger partial charge in [0, 0.05) is 12.7 Å². The van der Waals surface area contributed by atoms with Crippen LogP contribution in [0.1, 0.15) is 24.2 Å². The molecule has 0 radical (unpaired) electrons. The number of hydrogen-bond donors (Lipinski definition) is 2. The molecule has 0 saturated carbocycles. The van der Waals surface area contributed by atoms with E-state index in [1.165, 1.54) is 23.6 Å². The number of nitrogens with two attached hydrogens (primary N) is 1. The fourth-order valence-corrected chi connectivity index (χ4v) is 4.82. The summed E-state index contributed by atoms with van der Waals surface area (Å²) in [7, 11) is 0. The van der Waals surface area contributed by atoms with Crippen molar-refractivity contribution in [1.29, 1.82) is 0 Å². The number of carbonyl (C=O) groups is 3. The minimum absolute atomic E-state index is 0.0576. The van der Waals surface area contributed by atoms with E-state index < -0.39 is 18.1 Å². The fraction of sp³-hybridized carbons (Fsp3) is 0.227. The van der Waals surface area contributed by atoms with Crippen LogP contribution < -0.4 is 11.1 Å². The molecule has 2 heterocycles. The lowest BCUT2D eigenvalue weighted by Crippen LogP contribution is -2.70. The SMILES string of the molecule is CC(=O)NC1C(=O)N2C(C(=O)OC(c3ccccc3)c3ccccc3)=C(N)CS[C@H]12. The van der Waals surface area contributed by atoms with Crippen molar-refractivity contribution < 1.29 is 19.1 Å². The summed E-state index contributed by atoms with van der Waals surface area (Å²) in [6.07, 6.45) is -0.643. The Hall–Kier alpha value is -3.26. The van der Waals surface area contributed by atoms with Crippen molar-refractivity contribution in [3.63, 3.8) is 0 Å². The lowest BCUT2D eigenvalue weighted by molar-refractivity contribution is -0.154. The van der Waals surface area contributed by atoms with E-state index in [4.69, 9.17) is 10.5 Å². The second-order valence-electron chi connectivity index (χ2n) is 7.07. The van der Waals surface area contributed by atoms with Crippen LogP contribution in [0.15, 0.2) is 72.1 Å². The molecule has 0 spiro atoms. The number of amides is 2. The van der Waals surface area contributed by atoms with Crippen LogP contribution in [0.3, 0.4) is 0 Å². The average Bonchev–Trinajstić information content (AvgIpc) is 2.76. The molecule has 7 nitrogen and oxygen atoms in total. The third-order valence-electron chi connectivity index (χ3n) is 4.98. The molecule has 8 heteroatoms. The van der Waals surface area contributed by atoms with Gasteiger partial charge in [-0.15, -0.1) is 11.8 Å². The first-order chi connectivity index (χ1) is 14.5. The number of fused-ring (bicyclic) bond motifs is 1. The van der Waals surface area contributed by atoms with E-state index >= 15 is 0 Å². The van der Waals surface area contributed by atoms with Crippen LogP contribution in [-0.4, -0.2) is 39.9 Å². The topological polar surface area (TPSA) is 102 Å². The van der Waals surface area contributed by atoms with Crippen molar-refractivity contribution >= 4 is 29.5 Å². The van der Waals surface area contributed by atoms with Gasteiger partial charge in [0.25, 0.3) is 5.91 Å². The van der Waals surface area contributed by atoms with E-state index in [0.717, 1.165) is 11.1 Å². The molecular formula is C22H21N3O4S. The Balaban J connectivity index is 1.61. The monoisotopic (exact) mass is 423 g/mol. The molecule has 4 rings (SSSR count). The molecule has 1 unspecified atom stereocenters. The lowest BCUT2D eigenvalue weighted by atomic mass is 10.0. The summed E-state index contributed by atoms with van der Waals surface area (Å²) in [6.45, 7) is 1.35. The molecule has 2 aromatic carbocycles. The van der Waals surface area contributed by atoms with Crippen molar-refractivity contribution in [2.45, 2.75) is 24.4 Å². The minimum atomic E-state index is -0.664. The highest BCUT2D eigenvalue weighted by molar-refractivity contribution is 8.00. The Morgan fingerprint density at radius 2 is 1.67 bits per heavy atom. The Labute approximate surface area is 178 Å². The summed E-state index contributed by atoms with van der Waals surface area (Å²) in [5.41, 5.74) is 8.07. The van der Waals surface area contributed by atoms with Crippen LogP contribution in [-0.2, 0) is 19.1 Å². The van der Waals surface area contributed by atoms with E-state index in [9.17, 15) is 14.4 Å². The second-order valence-corrected chi connectivity index (χ2v) is 8.17. The highest BCUT2D eigenvalue weighted by atomic mass is 32.2. The average molecular weight is 423 g/mol. The zero-order valence-corrected chi connectivity index (χ0v) is 17.1. The van der Waals surface area contributed by atoms with Gasteiger partial charge in [-0.25, -0.2) is 4.79 Å². The van der Waals surface area contributed by atoms with Crippen molar-refractivity contribution in [2.24, 2.45) is 5.73 Å². The van der Waals surface area contributed by atoms with Crippen molar-refractivity contribution in [3.05, 3.63) is 83.2 Å². The number of ether oxygens (including phenoxy) is 1. The van der Waals surface area contributed by atoms with E-state index in [1.807, 2.05) is 60.7 Å². The first-order valence-electron chi connectivity index (χ1n) is 9.48. The highest BCUT2D eigenvalue weighted by Crippen LogP contribution is 2.40. The molecule has 0 aliphatic carbocycles. The number of nitrogens with one attached hydrogen (secondary N) is 1. The molecule has 2 aliphatic rings. The molecule has 0 aromatic heterocycles. The maximum Gasteiger partial charge on any atom is 0.357 e. The summed E-state index contributed by atoms with van der Waals surface area (Å²) < 4.78 is 5.88. The quantitative estimate of drug-likeness (QED) is 0.563. The predicted octanol–water partition coefficient (Wildman–Crippen LogP) is 1.91. The maximum absolute atomic E-state index is 13.2. The molecule has 2 atom stereocenters. The largest absolute Gasteiger partial charge is 0.448 e. The van der Waals surface area contributed by atoms with Gasteiger partial charge in [0.05, 0.1) is 5.70 Å². The van der Waals surface area contributed by atoms with Gasteiger partial charge in [0.15, 0.2) is 11.8 Å². The highest BCUT2D eigenvalue weighted by Gasteiger charge is 2.54. The molecule has 2 aliphatic heterocycles. The van der Waals surface area contributed by atoms with Gasteiger partial charge >= 0.3 is 5.97 Å². The Bertz CT molecular complexity index is 970. The van der Waals surface area contributed by atoms with Crippen molar-refractivity contribution in [2.75, 3.05) is 5.75 Å². The number of nitrogens with zero attached hydrogens (tertiary/aromatic N) is 1. The van der Waals surface area contributed by atoms with Crippen LogP contribution in [0.25, 0.3) is 0 Å².